The number of methoxy groups -OCH3 is 1. The second kappa shape index (κ2) is 9.12. The predicted octanol–water partition coefficient (Wildman–Crippen LogP) is 2.61. The number of rotatable bonds is 6. The molecule has 1 saturated heterocycles. The van der Waals surface area contributed by atoms with Crippen LogP contribution in [0.3, 0.4) is 0 Å². The molecule has 3 rings (SSSR count). The number of ether oxygens (including phenoxy) is 1. The van der Waals surface area contributed by atoms with Gasteiger partial charge in [0.25, 0.3) is 0 Å². The Balaban J connectivity index is 1.43. The van der Waals surface area contributed by atoms with Gasteiger partial charge in [-0.05, 0) is 45.8 Å². The van der Waals surface area contributed by atoms with Crippen LogP contribution in [0.2, 0.25) is 0 Å². The monoisotopic (exact) mass is 418 g/mol. The molecular formula is C19H23BrN4O2. The lowest BCUT2D eigenvalue weighted by atomic mass is 10.2. The summed E-state index contributed by atoms with van der Waals surface area (Å²) < 4.78 is 6.17. The average molecular weight is 419 g/mol. The van der Waals surface area contributed by atoms with Crippen LogP contribution in [0.5, 0.6) is 5.75 Å². The summed E-state index contributed by atoms with van der Waals surface area (Å²) in [5, 5.41) is 2.84. The van der Waals surface area contributed by atoms with Gasteiger partial charge in [-0.1, -0.05) is 12.1 Å². The largest absolute Gasteiger partial charge is 0.497 e. The summed E-state index contributed by atoms with van der Waals surface area (Å²) >= 11 is 3.33. The lowest BCUT2D eigenvalue weighted by Crippen LogP contribution is -2.48. The normalized spacial score (nSPS) is 15.6. The molecule has 138 valence electrons. The average Bonchev–Trinajstić information content (AvgIpc) is 2.65. The first kappa shape index (κ1) is 18.8. The molecule has 1 amide bonds. The van der Waals surface area contributed by atoms with Crippen molar-refractivity contribution >= 4 is 27.7 Å². The summed E-state index contributed by atoms with van der Waals surface area (Å²) in [5.74, 6) is 1.44. The van der Waals surface area contributed by atoms with Gasteiger partial charge in [-0.25, -0.2) is 4.98 Å². The highest BCUT2D eigenvalue weighted by atomic mass is 79.9. The third kappa shape index (κ3) is 5.52. The second-order valence-electron chi connectivity index (χ2n) is 6.31. The van der Waals surface area contributed by atoms with E-state index in [-0.39, 0.29) is 5.91 Å². The van der Waals surface area contributed by atoms with Crippen molar-refractivity contribution in [2.24, 2.45) is 0 Å². The topological polar surface area (TPSA) is 57.7 Å². The van der Waals surface area contributed by atoms with Crippen molar-refractivity contribution < 1.29 is 9.53 Å². The number of aromatic nitrogens is 1. The molecule has 26 heavy (non-hydrogen) atoms. The Hall–Kier alpha value is -1.96. The first-order valence-electron chi connectivity index (χ1n) is 8.61. The third-order valence-corrected chi connectivity index (χ3v) is 4.84. The molecule has 6 nitrogen and oxygen atoms in total. The molecule has 0 spiro atoms. The number of pyridine rings is 1. The van der Waals surface area contributed by atoms with Crippen molar-refractivity contribution in [3.8, 4) is 5.75 Å². The van der Waals surface area contributed by atoms with Gasteiger partial charge in [0.15, 0.2) is 0 Å². The minimum Gasteiger partial charge on any atom is -0.497 e. The number of benzene rings is 1. The Kier molecular flexibility index (Phi) is 6.60. The number of carbonyl (C=O) groups excluding carboxylic acids is 1. The number of amides is 1. The van der Waals surface area contributed by atoms with E-state index in [9.17, 15) is 4.79 Å². The van der Waals surface area contributed by atoms with E-state index in [0.717, 1.165) is 42.9 Å². The number of hydrogen-bond donors (Lipinski definition) is 1. The molecule has 0 radical (unpaired) electrons. The summed E-state index contributed by atoms with van der Waals surface area (Å²) in [6.07, 6.45) is 1.67. The van der Waals surface area contributed by atoms with Gasteiger partial charge in [0.05, 0.1) is 13.7 Å². The maximum atomic E-state index is 12.2. The molecule has 1 fully saturated rings. The third-order valence-electron chi connectivity index (χ3n) is 4.37. The first-order valence-corrected chi connectivity index (χ1v) is 9.41. The standard InChI is InChI=1S/C19H23BrN4O2/c1-26-17-4-2-3-15(11-17)13-23-7-9-24(10-8-23)14-19(25)22-18-6-5-16(20)12-21-18/h2-6,11-12H,7-10,13-14H2,1H3,(H,21,22,25). The molecule has 0 saturated carbocycles. The zero-order valence-corrected chi connectivity index (χ0v) is 16.4. The van der Waals surface area contributed by atoms with Crippen LogP contribution in [0.15, 0.2) is 47.1 Å². The maximum absolute atomic E-state index is 12.2. The fourth-order valence-electron chi connectivity index (χ4n) is 2.97. The van der Waals surface area contributed by atoms with Gasteiger partial charge >= 0.3 is 0 Å². The Labute approximate surface area is 162 Å². The van der Waals surface area contributed by atoms with Gasteiger partial charge in [0.1, 0.15) is 11.6 Å². The molecule has 0 unspecified atom stereocenters. The highest BCUT2D eigenvalue weighted by Gasteiger charge is 2.19. The molecule has 0 aliphatic carbocycles. The molecule has 1 aromatic heterocycles. The maximum Gasteiger partial charge on any atom is 0.239 e. The van der Waals surface area contributed by atoms with E-state index >= 15 is 0 Å². The molecular weight excluding hydrogens is 396 g/mol. The van der Waals surface area contributed by atoms with Crippen LogP contribution in [-0.2, 0) is 11.3 Å². The van der Waals surface area contributed by atoms with Crippen LogP contribution >= 0.6 is 15.9 Å². The zero-order chi connectivity index (χ0) is 18.4. The second-order valence-corrected chi connectivity index (χ2v) is 7.23. The van der Waals surface area contributed by atoms with Gasteiger partial charge in [-0.3, -0.25) is 14.6 Å². The first-order chi connectivity index (χ1) is 12.6. The van der Waals surface area contributed by atoms with Gasteiger partial charge < -0.3 is 10.1 Å². The molecule has 1 aliphatic heterocycles. The minimum absolute atomic E-state index is 0.0268. The van der Waals surface area contributed by atoms with E-state index in [2.05, 4.69) is 48.2 Å². The van der Waals surface area contributed by atoms with E-state index in [1.165, 1.54) is 5.56 Å². The number of carbonyl (C=O) groups is 1. The highest BCUT2D eigenvalue weighted by molar-refractivity contribution is 9.10. The Bertz CT molecular complexity index is 731. The van der Waals surface area contributed by atoms with Gasteiger partial charge in [-0.2, -0.15) is 0 Å². The fraction of sp³-hybridized carbons (Fsp3) is 0.368. The summed E-state index contributed by atoms with van der Waals surface area (Å²) in [6, 6.07) is 11.8. The van der Waals surface area contributed by atoms with Crippen molar-refractivity contribution in [2.75, 3.05) is 45.2 Å². The van der Waals surface area contributed by atoms with E-state index in [1.807, 2.05) is 18.2 Å². The lowest BCUT2D eigenvalue weighted by Gasteiger charge is -2.34. The van der Waals surface area contributed by atoms with Crippen LogP contribution in [-0.4, -0.2) is 60.5 Å². The fourth-order valence-corrected chi connectivity index (χ4v) is 3.20. The Morgan fingerprint density at radius 2 is 1.96 bits per heavy atom. The molecule has 1 aromatic carbocycles. The quantitative estimate of drug-likeness (QED) is 0.780. The SMILES string of the molecule is COc1cccc(CN2CCN(CC(=O)Nc3ccc(Br)cn3)CC2)c1. The molecule has 1 N–H and O–H groups in total. The van der Waals surface area contributed by atoms with Crippen molar-refractivity contribution in [2.45, 2.75) is 6.54 Å². The molecule has 0 atom stereocenters. The van der Waals surface area contributed by atoms with Crippen molar-refractivity contribution in [1.29, 1.82) is 0 Å². The van der Waals surface area contributed by atoms with Crippen LogP contribution in [0.1, 0.15) is 5.56 Å². The Morgan fingerprint density at radius 1 is 1.19 bits per heavy atom. The lowest BCUT2D eigenvalue weighted by molar-refractivity contribution is -0.117. The summed E-state index contributed by atoms with van der Waals surface area (Å²) in [4.78, 5) is 20.9. The van der Waals surface area contributed by atoms with E-state index < -0.39 is 0 Å². The number of anilines is 1. The van der Waals surface area contributed by atoms with E-state index in [1.54, 1.807) is 19.4 Å². The van der Waals surface area contributed by atoms with Crippen LogP contribution in [0.4, 0.5) is 5.82 Å². The summed E-state index contributed by atoms with van der Waals surface area (Å²) in [6.45, 7) is 4.95. The molecule has 2 aromatic rings. The van der Waals surface area contributed by atoms with E-state index in [4.69, 9.17) is 4.74 Å². The van der Waals surface area contributed by atoms with E-state index in [0.29, 0.717) is 12.4 Å². The van der Waals surface area contributed by atoms with Crippen LogP contribution < -0.4 is 10.1 Å². The summed E-state index contributed by atoms with van der Waals surface area (Å²) in [7, 11) is 1.69. The van der Waals surface area contributed by atoms with Crippen LogP contribution in [0, 0.1) is 0 Å². The smallest absolute Gasteiger partial charge is 0.239 e. The number of nitrogens with one attached hydrogen (secondary N) is 1. The zero-order valence-electron chi connectivity index (χ0n) is 14.8. The van der Waals surface area contributed by atoms with Crippen molar-refractivity contribution in [3.05, 3.63) is 52.6 Å². The molecule has 1 aliphatic rings. The van der Waals surface area contributed by atoms with Crippen molar-refractivity contribution in [3.63, 3.8) is 0 Å². The highest BCUT2D eigenvalue weighted by Crippen LogP contribution is 2.15. The van der Waals surface area contributed by atoms with Gasteiger partial charge in [0, 0.05) is 43.4 Å². The van der Waals surface area contributed by atoms with Gasteiger partial charge in [-0.15, -0.1) is 0 Å². The van der Waals surface area contributed by atoms with Gasteiger partial charge in [0.2, 0.25) is 5.91 Å². The molecule has 7 heteroatoms. The molecule has 0 bridgehead atoms. The minimum atomic E-state index is -0.0268. The van der Waals surface area contributed by atoms with Crippen molar-refractivity contribution in [1.82, 2.24) is 14.8 Å². The number of hydrogen-bond acceptors (Lipinski definition) is 5. The Morgan fingerprint density at radius 3 is 2.65 bits per heavy atom. The number of nitrogens with zero attached hydrogens (tertiary/aromatic N) is 3. The van der Waals surface area contributed by atoms with Crippen LogP contribution in [0.25, 0.3) is 0 Å². The number of halogens is 1. The summed E-state index contributed by atoms with van der Waals surface area (Å²) in [5.41, 5.74) is 1.25. The molecule has 2 heterocycles. The predicted molar refractivity (Wildman–Crippen MR) is 105 cm³/mol. The number of piperazine rings is 1.